The predicted octanol–water partition coefficient (Wildman–Crippen LogP) is -1.27. The van der Waals surface area contributed by atoms with Gasteiger partial charge < -0.3 is 0 Å². The van der Waals surface area contributed by atoms with Gasteiger partial charge in [0.2, 0.25) is 10.8 Å². The van der Waals surface area contributed by atoms with Gasteiger partial charge in [0.05, 0.1) is 0 Å². The Hall–Kier alpha value is -2.32. The summed E-state index contributed by atoms with van der Waals surface area (Å²) in [6.07, 6.45) is 0. The molecule has 0 saturated carbocycles. The summed E-state index contributed by atoms with van der Waals surface area (Å²) in [4.78, 5) is 21.7. The Bertz CT molecular complexity index is 873. The zero-order chi connectivity index (χ0) is 13.9. The fraction of sp³-hybridized carbons (Fsp3) is 0. The predicted molar refractivity (Wildman–Crippen MR) is 55.8 cm³/mol. The highest BCUT2D eigenvalue weighted by atomic mass is 35.7. The van der Waals surface area contributed by atoms with E-state index in [0.29, 0.717) is 6.07 Å². The summed E-state index contributed by atoms with van der Waals surface area (Å²) in [5.41, 5.74) is 3.98. The highest BCUT2D eigenvalue weighted by Crippen LogP contribution is 2.05. The van der Waals surface area contributed by atoms with Gasteiger partial charge in [-0.05, 0) is 0 Å². The van der Waals surface area contributed by atoms with E-state index < -0.39 is 35.5 Å². The molecule has 0 unspecified atom stereocenters. The van der Waals surface area contributed by atoms with Crippen LogP contribution in [0.2, 0.25) is 0 Å². The topological polar surface area (TPSA) is 157 Å². The third kappa shape index (κ3) is 2.50. The first kappa shape index (κ1) is 13.7. The van der Waals surface area contributed by atoms with Crippen molar-refractivity contribution >= 4 is 19.7 Å². The van der Waals surface area contributed by atoms with Crippen molar-refractivity contribution in [2.75, 3.05) is 0 Å². The number of diazo groups is 1. The molecule has 12 heteroatoms. The molecule has 0 heterocycles. The van der Waals surface area contributed by atoms with Crippen molar-refractivity contribution < 1.29 is 8.42 Å². The van der Waals surface area contributed by atoms with E-state index in [2.05, 4.69) is 20.5 Å². The second-order valence-electron chi connectivity index (χ2n) is 2.73. The molecule has 0 amide bonds. The minimum Gasteiger partial charge on any atom is -0.285 e. The van der Waals surface area contributed by atoms with Crippen LogP contribution in [0.4, 0.5) is 0 Å². The first-order valence-corrected chi connectivity index (χ1v) is 6.26. The van der Waals surface area contributed by atoms with Crippen molar-refractivity contribution in [2.24, 2.45) is 15.4 Å². The summed E-state index contributed by atoms with van der Waals surface area (Å²) in [6.45, 7) is 0. The van der Waals surface area contributed by atoms with Gasteiger partial charge in [-0.25, -0.2) is 8.42 Å². The van der Waals surface area contributed by atoms with Crippen molar-refractivity contribution in [2.45, 2.75) is 4.90 Å². The van der Waals surface area contributed by atoms with E-state index in [1.54, 1.807) is 0 Å². The molecule has 0 aromatic heterocycles. The third-order valence-corrected chi connectivity index (χ3v) is 3.05. The molecule has 18 heavy (non-hydrogen) atoms. The quantitative estimate of drug-likeness (QED) is 0.236. The van der Waals surface area contributed by atoms with Gasteiger partial charge in [0.1, 0.15) is 4.90 Å². The lowest BCUT2D eigenvalue weighted by molar-refractivity contribution is 0.608. The Kier molecular flexibility index (Phi) is 3.74. The van der Waals surface area contributed by atoms with Crippen molar-refractivity contribution in [3.8, 4) is 0 Å². The van der Waals surface area contributed by atoms with Gasteiger partial charge in [-0.3, -0.25) is 9.59 Å². The molecule has 1 aromatic carbocycles. The van der Waals surface area contributed by atoms with Crippen LogP contribution in [0.5, 0.6) is 0 Å². The Morgan fingerprint density at radius 2 is 1.94 bits per heavy atom. The van der Waals surface area contributed by atoms with Crippen molar-refractivity contribution in [3.63, 3.8) is 0 Å². The number of hydrogen-bond donors (Lipinski definition) is 1. The summed E-state index contributed by atoms with van der Waals surface area (Å²) in [5.74, 6) is 0. The SMILES string of the molecule is N#[N+]N=c1c(S(=O)(=O)Cl)cc(=O)c(=O)c1=NN=N. The Morgan fingerprint density at radius 3 is 2.39 bits per heavy atom. The molecule has 0 aliphatic rings. The molecular weight excluding hydrogens is 288 g/mol. The minimum atomic E-state index is -4.43. The lowest BCUT2D eigenvalue weighted by atomic mass is 10.3. The van der Waals surface area contributed by atoms with Crippen LogP contribution in [0.3, 0.4) is 0 Å². The van der Waals surface area contributed by atoms with Gasteiger partial charge in [-0.1, -0.05) is 5.22 Å². The first-order chi connectivity index (χ1) is 8.32. The molecule has 0 radical (unpaired) electrons. The van der Waals surface area contributed by atoms with E-state index in [1.165, 1.54) is 0 Å². The fourth-order valence-corrected chi connectivity index (χ4v) is 2.03. The molecule has 10 nitrogen and oxygen atoms in total. The number of rotatable bonds is 2. The van der Waals surface area contributed by atoms with Crippen molar-refractivity contribution in [1.29, 1.82) is 10.9 Å². The average Bonchev–Trinajstić information content (AvgIpc) is 2.27. The van der Waals surface area contributed by atoms with Crippen LogP contribution < -0.4 is 21.6 Å². The summed E-state index contributed by atoms with van der Waals surface area (Å²) in [6, 6.07) is 0.414. The molecule has 0 atom stereocenters. The van der Waals surface area contributed by atoms with Crippen LogP contribution >= 0.6 is 10.7 Å². The molecule has 0 aliphatic heterocycles. The van der Waals surface area contributed by atoms with Gasteiger partial charge in [0.15, 0.2) is 10.5 Å². The molecule has 1 N–H and O–H groups in total. The lowest BCUT2D eigenvalue weighted by Gasteiger charge is -1.91. The first-order valence-electron chi connectivity index (χ1n) is 3.95. The lowest BCUT2D eigenvalue weighted by Crippen LogP contribution is -2.49. The number of halogens is 1. The summed E-state index contributed by atoms with van der Waals surface area (Å²) in [7, 11) is 0.595. The van der Waals surface area contributed by atoms with Gasteiger partial charge in [-0.15, -0.1) is 5.10 Å². The summed E-state index contributed by atoms with van der Waals surface area (Å²) >= 11 is 0. The highest BCUT2D eigenvalue weighted by molar-refractivity contribution is 8.13. The molecule has 1 aromatic rings. The van der Waals surface area contributed by atoms with E-state index in [4.69, 9.17) is 21.6 Å². The molecule has 1 rings (SSSR count). The summed E-state index contributed by atoms with van der Waals surface area (Å²) in [5, 5.41) is 17.3. The van der Waals surface area contributed by atoms with Crippen molar-refractivity contribution in [1.82, 2.24) is 0 Å². The normalized spacial score (nSPS) is 13.3. The zero-order valence-corrected chi connectivity index (χ0v) is 9.81. The molecular formula is C6H2ClN6O4S+. The number of hydrogen-bond acceptors (Lipinski definition) is 8. The summed E-state index contributed by atoms with van der Waals surface area (Å²) < 4.78 is 22.3. The molecule has 0 aliphatic carbocycles. The largest absolute Gasteiger partial charge is 0.339 e. The third-order valence-electron chi connectivity index (χ3n) is 1.72. The number of nitrogens with zero attached hydrogens (tertiary/aromatic N) is 5. The van der Waals surface area contributed by atoms with Crippen LogP contribution in [0, 0.1) is 10.9 Å². The van der Waals surface area contributed by atoms with E-state index in [1.807, 2.05) is 0 Å². The molecule has 0 bridgehead atoms. The van der Waals surface area contributed by atoms with Crippen molar-refractivity contribution in [3.05, 3.63) is 42.3 Å². The highest BCUT2D eigenvalue weighted by Gasteiger charge is 2.20. The van der Waals surface area contributed by atoms with E-state index in [-0.39, 0.29) is 0 Å². The van der Waals surface area contributed by atoms with Crippen LogP contribution in [-0.2, 0) is 9.05 Å². The van der Waals surface area contributed by atoms with Crippen LogP contribution in [0.1, 0.15) is 0 Å². The van der Waals surface area contributed by atoms with Crippen LogP contribution in [-0.4, -0.2) is 8.42 Å². The average molecular weight is 290 g/mol. The zero-order valence-electron chi connectivity index (χ0n) is 8.23. The number of nitrogens with one attached hydrogen (secondary N) is 1. The van der Waals surface area contributed by atoms with E-state index in [9.17, 15) is 18.0 Å². The standard InChI is InChI=1S/C6H2ClN6O4S/c7-18(16,17)3-1-2(14)6(15)5(11-13-9)4(3)10-12-8/h1,9H/q+1. The van der Waals surface area contributed by atoms with Gasteiger partial charge >= 0.3 is 5.08 Å². The maximum Gasteiger partial charge on any atom is 0.339 e. The smallest absolute Gasteiger partial charge is 0.285 e. The van der Waals surface area contributed by atoms with Crippen LogP contribution in [0.25, 0.3) is 5.08 Å². The molecule has 0 fully saturated rings. The molecule has 0 saturated heterocycles. The van der Waals surface area contributed by atoms with Gasteiger partial charge in [0, 0.05) is 16.7 Å². The Labute approximate surface area is 102 Å². The Morgan fingerprint density at radius 1 is 1.33 bits per heavy atom. The van der Waals surface area contributed by atoms with Gasteiger partial charge in [-0.2, -0.15) is 5.53 Å². The fourth-order valence-electron chi connectivity index (χ4n) is 1.06. The maximum atomic E-state index is 11.4. The second kappa shape index (κ2) is 4.90. The number of benzene rings is 1. The Balaban J connectivity index is 4.29. The second-order valence-corrected chi connectivity index (χ2v) is 5.26. The minimum absolute atomic E-state index is 0.414. The van der Waals surface area contributed by atoms with E-state index >= 15 is 0 Å². The monoisotopic (exact) mass is 289 g/mol. The van der Waals surface area contributed by atoms with Gasteiger partial charge in [0.25, 0.3) is 19.9 Å². The van der Waals surface area contributed by atoms with Crippen LogP contribution in [0.15, 0.2) is 36.0 Å². The molecule has 0 spiro atoms. The van der Waals surface area contributed by atoms with E-state index in [0.717, 1.165) is 0 Å². The molecule has 92 valence electrons. The maximum absolute atomic E-state index is 11.4.